The normalized spacial score (nSPS) is 15.1. The highest BCUT2D eigenvalue weighted by Crippen LogP contribution is 2.31. The maximum Gasteiger partial charge on any atom is 0.338 e. The number of carbonyl (C=O) groups excluding carboxylic acids is 1. The molecule has 3 heterocycles. The number of carboxylic acids is 1. The van der Waals surface area contributed by atoms with Crippen molar-refractivity contribution >= 4 is 29.4 Å². The Balaban J connectivity index is 1.67. The van der Waals surface area contributed by atoms with E-state index in [2.05, 4.69) is 18.8 Å². The van der Waals surface area contributed by atoms with E-state index in [1.165, 1.54) is 11.3 Å². The molecular formula is C33H33N3O5S. The molecule has 0 bridgehead atoms. The van der Waals surface area contributed by atoms with Gasteiger partial charge in [-0.25, -0.2) is 14.6 Å². The van der Waals surface area contributed by atoms with Crippen LogP contribution in [0.2, 0.25) is 0 Å². The maximum atomic E-state index is 14.0. The lowest BCUT2D eigenvalue weighted by atomic mass is 9.93. The Morgan fingerprint density at radius 1 is 1.10 bits per heavy atom. The fraction of sp³-hybridized carbons (Fsp3) is 0.273. The van der Waals surface area contributed by atoms with E-state index in [9.17, 15) is 19.5 Å². The van der Waals surface area contributed by atoms with Gasteiger partial charge in [0.05, 0.1) is 34.0 Å². The first kappa shape index (κ1) is 29.0. The number of hydrogen-bond donors (Lipinski definition) is 1. The van der Waals surface area contributed by atoms with Gasteiger partial charge in [0.15, 0.2) is 4.80 Å². The lowest BCUT2D eigenvalue weighted by Crippen LogP contribution is -2.39. The van der Waals surface area contributed by atoms with E-state index in [0.717, 1.165) is 33.8 Å². The second-order valence-corrected chi connectivity index (χ2v) is 11.7. The number of carboxylic acid groups (broad SMARTS) is 1. The Morgan fingerprint density at radius 3 is 2.45 bits per heavy atom. The molecule has 8 nitrogen and oxygen atoms in total. The van der Waals surface area contributed by atoms with Gasteiger partial charge < -0.3 is 14.4 Å². The number of rotatable bonds is 7. The standard InChI is InChI=1S/C33H33N3O5S/c1-7-41-32(40)28-20(5)34-33-36(29(28)23-13-11-22(12-14-23)18(2)3)30(37)27(42-33)17-25-15-19(4)35(21(25)6)26-10-8-9-24(16-26)31(38)39/h8-18,29H,7H2,1-6H3,(H,38,39)/b27-17-/t29-/m1/s1. The van der Waals surface area contributed by atoms with E-state index in [-0.39, 0.29) is 17.7 Å². The largest absolute Gasteiger partial charge is 0.478 e. The van der Waals surface area contributed by atoms with Crippen LogP contribution in [-0.2, 0) is 9.53 Å². The molecule has 216 valence electrons. The number of aromatic carboxylic acids is 1. The molecule has 0 spiro atoms. The van der Waals surface area contributed by atoms with E-state index in [1.807, 2.05) is 60.9 Å². The molecule has 0 saturated carbocycles. The topological polar surface area (TPSA) is 103 Å². The lowest BCUT2D eigenvalue weighted by molar-refractivity contribution is -0.139. The summed E-state index contributed by atoms with van der Waals surface area (Å²) in [6.07, 6.45) is 1.84. The van der Waals surface area contributed by atoms with Crippen molar-refractivity contribution in [2.24, 2.45) is 4.99 Å². The molecule has 1 aliphatic rings. The molecule has 5 rings (SSSR count). The summed E-state index contributed by atoms with van der Waals surface area (Å²) in [6.45, 7) is 11.9. The molecule has 2 aromatic heterocycles. The lowest BCUT2D eigenvalue weighted by Gasteiger charge is -2.25. The molecule has 0 saturated heterocycles. The average Bonchev–Trinajstić information content (AvgIpc) is 3.41. The molecule has 1 atom stereocenters. The number of ether oxygens (including phenoxy) is 1. The first-order valence-electron chi connectivity index (χ1n) is 13.8. The van der Waals surface area contributed by atoms with E-state index in [4.69, 9.17) is 4.74 Å². The predicted octanol–water partition coefficient (Wildman–Crippen LogP) is 5.03. The van der Waals surface area contributed by atoms with E-state index in [1.54, 1.807) is 36.6 Å². The first-order chi connectivity index (χ1) is 20.0. The summed E-state index contributed by atoms with van der Waals surface area (Å²) in [5.41, 5.74) is 6.12. The van der Waals surface area contributed by atoms with Crippen LogP contribution < -0.4 is 14.9 Å². The highest BCUT2D eigenvalue weighted by molar-refractivity contribution is 7.07. The highest BCUT2D eigenvalue weighted by atomic mass is 32.1. The van der Waals surface area contributed by atoms with Gasteiger partial charge in [-0.2, -0.15) is 0 Å². The van der Waals surface area contributed by atoms with Crippen molar-refractivity contribution < 1.29 is 19.4 Å². The van der Waals surface area contributed by atoms with Gasteiger partial charge in [0, 0.05) is 17.1 Å². The number of carbonyl (C=O) groups is 2. The number of fused-ring (bicyclic) bond motifs is 1. The number of allylic oxidation sites excluding steroid dienone is 1. The van der Waals surface area contributed by atoms with Crippen LogP contribution in [0.15, 0.2) is 75.7 Å². The summed E-state index contributed by atoms with van der Waals surface area (Å²) in [5, 5.41) is 9.46. The smallest absolute Gasteiger partial charge is 0.338 e. The van der Waals surface area contributed by atoms with Crippen LogP contribution >= 0.6 is 11.3 Å². The summed E-state index contributed by atoms with van der Waals surface area (Å²) < 4.78 is 9.45. The number of thiazole rings is 1. The van der Waals surface area contributed by atoms with Crippen LogP contribution in [0.25, 0.3) is 11.8 Å². The van der Waals surface area contributed by atoms with Crippen LogP contribution in [0, 0.1) is 13.8 Å². The minimum atomic E-state index is -0.994. The Bertz CT molecular complexity index is 1920. The van der Waals surface area contributed by atoms with Gasteiger partial charge in [0.2, 0.25) is 0 Å². The van der Waals surface area contributed by atoms with Crippen molar-refractivity contribution in [2.75, 3.05) is 6.61 Å². The van der Waals surface area contributed by atoms with Crippen molar-refractivity contribution in [3.05, 3.63) is 119 Å². The van der Waals surface area contributed by atoms with Crippen molar-refractivity contribution in [3.63, 3.8) is 0 Å². The van der Waals surface area contributed by atoms with Crippen molar-refractivity contribution in [1.29, 1.82) is 0 Å². The maximum absolute atomic E-state index is 14.0. The summed E-state index contributed by atoms with van der Waals surface area (Å²) >= 11 is 1.28. The number of benzene rings is 2. The number of hydrogen-bond acceptors (Lipinski definition) is 6. The van der Waals surface area contributed by atoms with Gasteiger partial charge in [0.1, 0.15) is 0 Å². The molecule has 0 unspecified atom stereocenters. The van der Waals surface area contributed by atoms with Crippen LogP contribution in [0.3, 0.4) is 0 Å². The van der Waals surface area contributed by atoms with Gasteiger partial charge in [0.25, 0.3) is 5.56 Å². The molecule has 0 aliphatic carbocycles. The Kier molecular flexibility index (Phi) is 7.88. The summed E-state index contributed by atoms with van der Waals surface area (Å²) in [7, 11) is 0. The molecule has 4 aromatic rings. The zero-order valence-electron chi connectivity index (χ0n) is 24.5. The Labute approximate surface area is 247 Å². The zero-order valence-corrected chi connectivity index (χ0v) is 25.3. The van der Waals surface area contributed by atoms with Crippen molar-refractivity contribution in [3.8, 4) is 5.69 Å². The van der Waals surface area contributed by atoms with Crippen molar-refractivity contribution in [2.45, 2.75) is 53.5 Å². The Hall–Kier alpha value is -4.50. The average molecular weight is 584 g/mol. The third kappa shape index (κ3) is 5.16. The number of esters is 1. The van der Waals surface area contributed by atoms with Gasteiger partial charge in [-0.15, -0.1) is 0 Å². The second-order valence-electron chi connectivity index (χ2n) is 10.6. The van der Waals surface area contributed by atoms with E-state index < -0.39 is 18.0 Å². The fourth-order valence-electron chi connectivity index (χ4n) is 5.42. The zero-order chi connectivity index (χ0) is 30.3. The third-order valence-electron chi connectivity index (χ3n) is 7.54. The van der Waals surface area contributed by atoms with Gasteiger partial charge in [-0.05, 0) is 80.6 Å². The van der Waals surface area contributed by atoms with E-state index in [0.29, 0.717) is 26.5 Å². The number of aryl methyl sites for hydroxylation is 1. The molecule has 0 fully saturated rings. The second kappa shape index (κ2) is 11.4. The number of nitrogens with zero attached hydrogens (tertiary/aromatic N) is 3. The minimum Gasteiger partial charge on any atom is -0.478 e. The monoisotopic (exact) mass is 583 g/mol. The molecule has 42 heavy (non-hydrogen) atoms. The highest BCUT2D eigenvalue weighted by Gasteiger charge is 2.33. The molecular weight excluding hydrogens is 550 g/mol. The molecule has 0 amide bonds. The SMILES string of the molecule is CCOC(=O)C1=C(C)N=c2s/c(=C\c3cc(C)n(-c4cccc(C(=O)O)c4)c3C)c(=O)n2[C@@H]1c1ccc(C(C)C)cc1. The first-order valence-corrected chi connectivity index (χ1v) is 14.7. The number of aromatic nitrogens is 2. The van der Waals surface area contributed by atoms with Crippen molar-refractivity contribution in [1.82, 2.24) is 9.13 Å². The molecule has 1 aliphatic heterocycles. The van der Waals surface area contributed by atoms with Gasteiger partial charge >= 0.3 is 11.9 Å². The Morgan fingerprint density at radius 2 is 1.81 bits per heavy atom. The predicted molar refractivity (Wildman–Crippen MR) is 163 cm³/mol. The third-order valence-corrected chi connectivity index (χ3v) is 8.53. The van der Waals surface area contributed by atoms with Crippen LogP contribution in [-0.4, -0.2) is 32.8 Å². The molecule has 1 N–H and O–H groups in total. The quantitative estimate of drug-likeness (QED) is 0.308. The summed E-state index contributed by atoms with van der Waals surface area (Å²) in [6, 6.07) is 16.0. The molecule has 0 radical (unpaired) electrons. The molecule has 9 heteroatoms. The fourth-order valence-corrected chi connectivity index (χ4v) is 6.46. The summed E-state index contributed by atoms with van der Waals surface area (Å²) in [5.74, 6) is -1.14. The molecule has 2 aromatic carbocycles. The van der Waals surface area contributed by atoms with Crippen LogP contribution in [0.4, 0.5) is 0 Å². The minimum absolute atomic E-state index is 0.198. The summed E-state index contributed by atoms with van der Waals surface area (Å²) in [4.78, 5) is 43.9. The van der Waals surface area contributed by atoms with Gasteiger partial charge in [-0.3, -0.25) is 9.36 Å². The van der Waals surface area contributed by atoms with Gasteiger partial charge in [-0.1, -0.05) is 55.5 Å². The van der Waals surface area contributed by atoms with E-state index >= 15 is 0 Å². The van der Waals surface area contributed by atoms with Crippen LogP contribution in [0.1, 0.15) is 78.1 Å². The van der Waals surface area contributed by atoms with Crippen LogP contribution in [0.5, 0.6) is 0 Å².